The molecule has 1 rings (SSSR count). The van der Waals surface area contributed by atoms with Crippen molar-refractivity contribution in [2.24, 2.45) is 0 Å². The zero-order valence-electron chi connectivity index (χ0n) is 9.49. The van der Waals surface area contributed by atoms with E-state index in [0.717, 1.165) is 25.9 Å². The maximum Gasteiger partial charge on any atom is 0.317 e. The second kappa shape index (κ2) is 6.63. The van der Waals surface area contributed by atoms with Crippen LogP contribution >= 0.6 is 0 Å². The van der Waals surface area contributed by atoms with Crippen molar-refractivity contribution in [3.05, 3.63) is 0 Å². The summed E-state index contributed by atoms with van der Waals surface area (Å²) in [5, 5.41) is 2.63. The van der Waals surface area contributed by atoms with Crippen LogP contribution < -0.4 is 5.32 Å². The second-order valence-corrected chi connectivity index (χ2v) is 3.61. The third kappa shape index (κ3) is 4.05. The van der Waals surface area contributed by atoms with Crippen LogP contribution in [0.15, 0.2) is 0 Å². The number of amides is 2. The van der Waals surface area contributed by atoms with Gasteiger partial charge in [0.25, 0.3) is 0 Å². The number of likely N-dealkylation sites (tertiary alicyclic amines) is 1. The molecule has 0 bridgehead atoms. The molecule has 0 aromatic carbocycles. The van der Waals surface area contributed by atoms with Crippen molar-refractivity contribution in [3.8, 4) is 0 Å². The van der Waals surface area contributed by atoms with Gasteiger partial charge >= 0.3 is 6.03 Å². The van der Waals surface area contributed by atoms with Gasteiger partial charge in [-0.05, 0) is 12.8 Å². The van der Waals surface area contributed by atoms with Gasteiger partial charge in [-0.15, -0.1) is 0 Å². The Bertz CT molecular complexity index is 191. The van der Waals surface area contributed by atoms with Crippen LogP contribution in [0.1, 0.15) is 12.8 Å². The number of piperidine rings is 1. The highest BCUT2D eigenvalue weighted by Gasteiger charge is 2.22. The van der Waals surface area contributed by atoms with Gasteiger partial charge < -0.3 is 19.7 Å². The molecule has 1 saturated heterocycles. The molecule has 1 aliphatic rings. The molecule has 1 heterocycles. The Hall–Kier alpha value is -0.810. The van der Waals surface area contributed by atoms with E-state index in [9.17, 15) is 4.79 Å². The van der Waals surface area contributed by atoms with E-state index in [1.807, 2.05) is 4.90 Å². The van der Waals surface area contributed by atoms with E-state index >= 15 is 0 Å². The molecule has 5 heteroatoms. The van der Waals surface area contributed by atoms with Gasteiger partial charge in [0.05, 0.1) is 19.3 Å². The van der Waals surface area contributed by atoms with Crippen molar-refractivity contribution < 1.29 is 14.3 Å². The summed E-state index contributed by atoms with van der Waals surface area (Å²) >= 11 is 0. The zero-order valence-corrected chi connectivity index (χ0v) is 9.49. The summed E-state index contributed by atoms with van der Waals surface area (Å²) in [5.74, 6) is 0. The van der Waals surface area contributed by atoms with Crippen molar-refractivity contribution >= 4 is 6.03 Å². The number of carbonyl (C=O) groups is 1. The van der Waals surface area contributed by atoms with Gasteiger partial charge in [0.15, 0.2) is 0 Å². The standard InChI is InChI=1S/C10H20N2O3/c1-11-10(13)12-5-3-9(4-6-12)15-8-7-14-2/h9H,3-8H2,1-2H3,(H,11,13). The predicted octanol–water partition coefficient (Wildman–Crippen LogP) is 0.453. The van der Waals surface area contributed by atoms with Gasteiger partial charge in [-0.2, -0.15) is 0 Å². The van der Waals surface area contributed by atoms with Crippen molar-refractivity contribution in [2.45, 2.75) is 18.9 Å². The SMILES string of the molecule is CNC(=O)N1CCC(OCCOC)CC1. The third-order valence-corrected chi connectivity index (χ3v) is 2.58. The monoisotopic (exact) mass is 216 g/mol. The fourth-order valence-corrected chi connectivity index (χ4v) is 1.68. The molecule has 0 aromatic heterocycles. The number of ether oxygens (including phenoxy) is 2. The lowest BCUT2D eigenvalue weighted by Gasteiger charge is -2.31. The molecule has 88 valence electrons. The molecule has 1 fully saturated rings. The summed E-state index contributed by atoms with van der Waals surface area (Å²) in [4.78, 5) is 13.1. The van der Waals surface area contributed by atoms with Crippen molar-refractivity contribution in [1.29, 1.82) is 0 Å². The second-order valence-electron chi connectivity index (χ2n) is 3.61. The molecule has 5 nitrogen and oxygen atoms in total. The maximum absolute atomic E-state index is 11.3. The molecule has 2 amide bonds. The number of hydrogen-bond acceptors (Lipinski definition) is 3. The fourth-order valence-electron chi connectivity index (χ4n) is 1.68. The smallest absolute Gasteiger partial charge is 0.317 e. The van der Waals surface area contributed by atoms with E-state index < -0.39 is 0 Å². The van der Waals surface area contributed by atoms with E-state index in [1.54, 1.807) is 14.2 Å². The number of rotatable bonds is 4. The first-order valence-electron chi connectivity index (χ1n) is 5.35. The molecule has 1 N–H and O–H groups in total. The summed E-state index contributed by atoms with van der Waals surface area (Å²) in [7, 11) is 3.32. The minimum absolute atomic E-state index is 0.00495. The molecule has 0 spiro atoms. The molecule has 0 aliphatic carbocycles. The highest BCUT2D eigenvalue weighted by atomic mass is 16.5. The number of urea groups is 1. The number of hydrogen-bond donors (Lipinski definition) is 1. The van der Waals surface area contributed by atoms with Gasteiger partial charge in [0.1, 0.15) is 0 Å². The van der Waals surface area contributed by atoms with E-state index in [2.05, 4.69) is 5.32 Å². The average molecular weight is 216 g/mol. The van der Waals surface area contributed by atoms with Crippen LogP contribution in [-0.2, 0) is 9.47 Å². The number of methoxy groups -OCH3 is 1. The quantitative estimate of drug-likeness (QED) is 0.694. The lowest BCUT2D eigenvalue weighted by Crippen LogP contribution is -2.44. The normalized spacial score (nSPS) is 17.9. The Balaban J connectivity index is 2.15. The summed E-state index contributed by atoms with van der Waals surface area (Å²) in [5.41, 5.74) is 0. The van der Waals surface area contributed by atoms with Gasteiger partial charge in [-0.3, -0.25) is 0 Å². The van der Waals surface area contributed by atoms with Crippen LogP contribution in [-0.4, -0.2) is 57.5 Å². The Morgan fingerprint density at radius 1 is 1.40 bits per heavy atom. The number of carbonyl (C=O) groups excluding carboxylic acids is 1. The number of nitrogens with one attached hydrogen (secondary N) is 1. The predicted molar refractivity (Wildman–Crippen MR) is 56.9 cm³/mol. The first-order valence-corrected chi connectivity index (χ1v) is 5.35. The van der Waals surface area contributed by atoms with Gasteiger partial charge in [-0.25, -0.2) is 4.79 Å². The molecular weight excluding hydrogens is 196 g/mol. The molecule has 0 atom stereocenters. The van der Waals surface area contributed by atoms with Crippen molar-refractivity contribution in [1.82, 2.24) is 10.2 Å². The first kappa shape index (κ1) is 12.3. The van der Waals surface area contributed by atoms with Crippen LogP contribution in [0, 0.1) is 0 Å². The lowest BCUT2D eigenvalue weighted by atomic mass is 10.1. The molecule has 0 saturated carbocycles. The Morgan fingerprint density at radius 2 is 2.07 bits per heavy atom. The van der Waals surface area contributed by atoms with Crippen LogP contribution in [0.3, 0.4) is 0 Å². The Labute approximate surface area is 90.7 Å². The summed E-state index contributed by atoms with van der Waals surface area (Å²) in [6.45, 7) is 2.82. The van der Waals surface area contributed by atoms with Gasteiger partial charge in [0.2, 0.25) is 0 Å². The zero-order chi connectivity index (χ0) is 11.1. The van der Waals surface area contributed by atoms with Gasteiger partial charge in [-0.1, -0.05) is 0 Å². The highest BCUT2D eigenvalue weighted by molar-refractivity contribution is 5.73. The van der Waals surface area contributed by atoms with Gasteiger partial charge in [0, 0.05) is 27.2 Å². The van der Waals surface area contributed by atoms with E-state index in [0.29, 0.717) is 13.2 Å². The Kier molecular flexibility index (Phi) is 5.42. The lowest BCUT2D eigenvalue weighted by molar-refractivity contribution is -0.00909. The van der Waals surface area contributed by atoms with Crippen molar-refractivity contribution in [2.75, 3.05) is 40.5 Å². The maximum atomic E-state index is 11.3. The fraction of sp³-hybridized carbons (Fsp3) is 0.900. The molecule has 15 heavy (non-hydrogen) atoms. The Morgan fingerprint density at radius 3 is 2.60 bits per heavy atom. The summed E-state index contributed by atoms with van der Waals surface area (Å²) < 4.78 is 10.5. The van der Waals surface area contributed by atoms with Crippen molar-refractivity contribution in [3.63, 3.8) is 0 Å². The molecule has 0 aromatic rings. The van der Waals surface area contributed by atoms with Crippen LogP contribution in [0.4, 0.5) is 4.79 Å². The molecule has 0 radical (unpaired) electrons. The van der Waals surface area contributed by atoms with E-state index in [1.165, 1.54) is 0 Å². The molecule has 1 aliphatic heterocycles. The molecular formula is C10H20N2O3. The average Bonchev–Trinajstić information content (AvgIpc) is 2.29. The largest absolute Gasteiger partial charge is 0.382 e. The minimum atomic E-state index is 0.00495. The highest BCUT2D eigenvalue weighted by Crippen LogP contribution is 2.13. The van der Waals surface area contributed by atoms with Crippen LogP contribution in [0.2, 0.25) is 0 Å². The first-order chi connectivity index (χ1) is 7.27. The number of nitrogens with zero attached hydrogens (tertiary/aromatic N) is 1. The van der Waals surface area contributed by atoms with Crippen LogP contribution in [0.5, 0.6) is 0 Å². The van der Waals surface area contributed by atoms with E-state index in [-0.39, 0.29) is 12.1 Å². The summed E-state index contributed by atoms with van der Waals surface area (Å²) in [6, 6.07) is 0.00495. The molecule has 0 unspecified atom stereocenters. The van der Waals surface area contributed by atoms with Crippen LogP contribution in [0.25, 0.3) is 0 Å². The minimum Gasteiger partial charge on any atom is -0.382 e. The topological polar surface area (TPSA) is 50.8 Å². The summed E-state index contributed by atoms with van der Waals surface area (Å²) in [6.07, 6.45) is 2.11. The third-order valence-electron chi connectivity index (χ3n) is 2.58. The van der Waals surface area contributed by atoms with E-state index in [4.69, 9.17) is 9.47 Å².